The van der Waals surface area contributed by atoms with Crippen LogP contribution in [0.3, 0.4) is 0 Å². The molecule has 1 heterocycles. The zero-order valence-electron chi connectivity index (χ0n) is 18.1. The van der Waals surface area contributed by atoms with Crippen LogP contribution in [-0.2, 0) is 17.5 Å². The summed E-state index contributed by atoms with van der Waals surface area (Å²) in [5.41, 5.74) is -3.03. The normalized spacial score (nSPS) is 45.2. The minimum atomic E-state index is -4.60. The molecule has 1 N–H and O–H groups in total. The number of Topliss-reactive ketones (excluding diaryl/α,β-unsaturated/α-hetero) is 1. The number of nitrogens with zero attached hydrogens (tertiary/aromatic N) is 2. The van der Waals surface area contributed by atoms with Gasteiger partial charge in [-0.25, -0.2) is 13.2 Å². The molecule has 0 saturated heterocycles. The van der Waals surface area contributed by atoms with Gasteiger partial charge in [0.05, 0.1) is 24.2 Å². The zero-order valence-corrected chi connectivity index (χ0v) is 18.1. The Labute approximate surface area is 187 Å². The number of fused-ring (bicyclic) bond motifs is 5. The molecule has 0 bridgehead atoms. The highest BCUT2D eigenvalue weighted by atomic mass is 19.4. The van der Waals surface area contributed by atoms with E-state index in [1.54, 1.807) is 0 Å². The van der Waals surface area contributed by atoms with Crippen LogP contribution in [0.5, 0.6) is 0 Å². The zero-order chi connectivity index (χ0) is 23.8. The van der Waals surface area contributed by atoms with Gasteiger partial charge in [0.25, 0.3) is 0 Å². The Morgan fingerprint density at radius 1 is 1.12 bits per heavy atom. The molecule has 1 aromatic rings. The maximum Gasteiger partial charge on any atom is 0.419 e. The number of aromatic nitrogens is 2. The van der Waals surface area contributed by atoms with E-state index in [1.807, 2.05) is 0 Å². The van der Waals surface area contributed by atoms with E-state index in [4.69, 9.17) is 0 Å². The van der Waals surface area contributed by atoms with Crippen LogP contribution in [0.25, 0.3) is 0 Å². The fraction of sp³-hybridized carbons (Fsp3) is 0.826. The summed E-state index contributed by atoms with van der Waals surface area (Å²) in [5.74, 6) is -5.02. The molecule has 4 aliphatic rings. The first-order valence-electron chi connectivity index (χ1n) is 11.8. The summed E-state index contributed by atoms with van der Waals surface area (Å²) in [6.07, 6.45) is -2.83. The van der Waals surface area contributed by atoms with E-state index >= 15 is 8.78 Å². The van der Waals surface area contributed by atoms with E-state index in [2.05, 4.69) is 5.10 Å². The van der Waals surface area contributed by atoms with Gasteiger partial charge >= 0.3 is 6.18 Å². The van der Waals surface area contributed by atoms with Crippen molar-refractivity contribution in [1.82, 2.24) is 9.78 Å². The summed E-state index contributed by atoms with van der Waals surface area (Å²) < 4.78 is 85.0. The highest BCUT2D eigenvalue weighted by Crippen LogP contribution is 2.63. The minimum Gasteiger partial charge on any atom is -0.362 e. The summed E-state index contributed by atoms with van der Waals surface area (Å²) in [4.78, 5) is 12.9. The van der Waals surface area contributed by atoms with Crippen LogP contribution in [0, 0.1) is 35.5 Å². The molecule has 0 spiro atoms. The van der Waals surface area contributed by atoms with Crippen LogP contribution in [-0.4, -0.2) is 38.4 Å². The van der Waals surface area contributed by atoms with Crippen molar-refractivity contribution in [3.8, 4) is 0 Å². The van der Waals surface area contributed by atoms with Gasteiger partial charge in [-0.1, -0.05) is 0 Å². The van der Waals surface area contributed by atoms with Crippen molar-refractivity contribution in [2.45, 2.75) is 81.8 Å². The molecule has 4 fully saturated rings. The van der Waals surface area contributed by atoms with E-state index in [0.717, 1.165) is 4.68 Å². The first-order valence-corrected chi connectivity index (χ1v) is 11.8. The summed E-state index contributed by atoms with van der Waals surface area (Å²) in [7, 11) is 0. The number of ketones is 1. The lowest BCUT2D eigenvalue weighted by Crippen LogP contribution is -2.54. The van der Waals surface area contributed by atoms with Crippen molar-refractivity contribution in [3.63, 3.8) is 0 Å². The Morgan fingerprint density at radius 2 is 1.85 bits per heavy atom. The molecule has 1 aromatic heterocycles. The van der Waals surface area contributed by atoms with Gasteiger partial charge in [-0.05, 0) is 62.2 Å². The molecular weight excluding hydrogens is 450 g/mol. The quantitative estimate of drug-likeness (QED) is 0.619. The van der Waals surface area contributed by atoms with Crippen molar-refractivity contribution >= 4 is 5.78 Å². The standard InChI is InChI=1S/C23H28F6N2O2/c24-18-7-17(19(32)11-31-10-13(9-30-31)23(27,28)29)22(26)6-4-15-14-3-5-21(25,33)8-12(14)1-2-16(15)20(18)22/h9-10,12,14-18,20,33H,1-8,11H2/t12-,14+,15-,16-,17+,18-,20+,21+,22+/m1/s1. The topological polar surface area (TPSA) is 55.1 Å². The van der Waals surface area contributed by atoms with Crippen LogP contribution < -0.4 is 0 Å². The van der Waals surface area contributed by atoms with Gasteiger partial charge in [-0.2, -0.15) is 18.3 Å². The Morgan fingerprint density at radius 3 is 2.55 bits per heavy atom. The van der Waals surface area contributed by atoms with Gasteiger partial charge in [0, 0.05) is 25.0 Å². The van der Waals surface area contributed by atoms with E-state index in [0.29, 0.717) is 38.1 Å². The van der Waals surface area contributed by atoms with Gasteiger partial charge < -0.3 is 5.11 Å². The smallest absolute Gasteiger partial charge is 0.362 e. The highest BCUT2D eigenvalue weighted by Gasteiger charge is 2.65. The van der Waals surface area contributed by atoms with Crippen LogP contribution in [0.4, 0.5) is 26.3 Å². The van der Waals surface area contributed by atoms with E-state index in [1.165, 1.54) is 0 Å². The maximum atomic E-state index is 16.4. The fourth-order valence-corrected chi connectivity index (χ4v) is 7.69. The van der Waals surface area contributed by atoms with E-state index in [-0.39, 0.29) is 49.4 Å². The van der Waals surface area contributed by atoms with E-state index in [9.17, 15) is 27.5 Å². The molecule has 0 amide bonds. The van der Waals surface area contributed by atoms with Gasteiger partial charge in [-0.3, -0.25) is 9.48 Å². The Balaban J connectivity index is 1.32. The van der Waals surface area contributed by atoms with Crippen molar-refractivity contribution in [2.24, 2.45) is 35.5 Å². The maximum absolute atomic E-state index is 16.4. The number of hydrogen-bond donors (Lipinski definition) is 1. The third-order valence-corrected chi connectivity index (χ3v) is 8.99. The molecule has 4 nitrogen and oxygen atoms in total. The largest absolute Gasteiger partial charge is 0.419 e. The van der Waals surface area contributed by atoms with E-state index < -0.39 is 53.6 Å². The third-order valence-electron chi connectivity index (χ3n) is 8.99. The second kappa shape index (κ2) is 7.71. The van der Waals surface area contributed by atoms with Gasteiger partial charge in [0.15, 0.2) is 5.78 Å². The van der Waals surface area contributed by atoms with Gasteiger partial charge in [-0.15, -0.1) is 0 Å². The van der Waals surface area contributed by atoms with Crippen molar-refractivity contribution in [3.05, 3.63) is 18.0 Å². The second-order valence-electron chi connectivity index (χ2n) is 10.7. The van der Waals surface area contributed by atoms with Crippen LogP contribution in [0.1, 0.15) is 56.9 Å². The van der Waals surface area contributed by atoms with Crippen LogP contribution >= 0.6 is 0 Å². The summed E-state index contributed by atoms with van der Waals surface area (Å²) in [5, 5.41) is 13.4. The van der Waals surface area contributed by atoms with Gasteiger partial charge in [0.2, 0.25) is 5.85 Å². The number of carbonyl (C=O) groups excluding carboxylic acids is 1. The fourth-order valence-electron chi connectivity index (χ4n) is 7.69. The predicted molar refractivity (Wildman–Crippen MR) is 105 cm³/mol. The molecule has 0 aliphatic heterocycles. The van der Waals surface area contributed by atoms with Crippen molar-refractivity contribution in [1.29, 1.82) is 0 Å². The lowest BCUT2D eigenvalue weighted by atomic mass is 9.52. The van der Waals surface area contributed by atoms with Crippen molar-refractivity contribution in [2.75, 3.05) is 0 Å². The molecule has 5 rings (SSSR count). The van der Waals surface area contributed by atoms with Gasteiger partial charge in [0.1, 0.15) is 11.8 Å². The minimum absolute atomic E-state index is 0.00153. The highest BCUT2D eigenvalue weighted by molar-refractivity contribution is 5.82. The molecule has 33 heavy (non-hydrogen) atoms. The lowest BCUT2D eigenvalue weighted by molar-refractivity contribution is -0.170. The number of alkyl halides is 6. The number of aliphatic hydroxyl groups is 1. The second-order valence-corrected chi connectivity index (χ2v) is 10.7. The third kappa shape index (κ3) is 3.90. The Hall–Kier alpha value is -1.58. The van der Waals surface area contributed by atoms with Crippen molar-refractivity contribution < 1.29 is 36.2 Å². The molecule has 10 heteroatoms. The first-order chi connectivity index (χ1) is 15.4. The number of hydrogen-bond acceptors (Lipinski definition) is 3. The predicted octanol–water partition coefficient (Wildman–Crippen LogP) is 5.05. The Bertz CT molecular complexity index is 917. The molecule has 9 atom stereocenters. The number of rotatable bonds is 3. The monoisotopic (exact) mass is 478 g/mol. The molecule has 4 saturated carbocycles. The summed E-state index contributed by atoms with van der Waals surface area (Å²) >= 11 is 0. The van der Waals surface area contributed by atoms with Crippen LogP contribution in [0.2, 0.25) is 0 Å². The molecule has 184 valence electrons. The molecule has 0 aromatic carbocycles. The summed E-state index contributed by atoms with van der Waals surface area (Å²) in [6, 6.07) is 0. The summed E-state index contributed by atoms with van der Waals surface area (Å²) in [6.45, 7) is -0.528. The molecule has 4 aliphatic carbocycles. The lowest BCUT2D eigenvalue weighted by Gasteiger charge is -2.54. The number of halogens is 6. The number of carbonyl (C=O) groups is 1. The van der Waals surface area contributed by atoms with Crippen LogP contribution in [0.15, 0.2) is 12.4 Å². The molecular formula is C23H28F6N2O2. The molecule has 0 radical (unpaired) electrons. The average Bonchev–Trinajstić information content (AvgIpc) is 3.29. The Kier molecular flexibility index (Phi) is 5.42. The first kappa shape index (κ1) is 23.2. The molecule has 0 unspecified atom stereocenters. The SMILES string of the molecule is O=C(Cn1cc(C(F)(F)F)cn1)[C@@H]1C[C@@H](F)[C@@H]2[C@@H]3CC[C@@H]4C[C@](O)(F)CC[C@@H]4[C@H]3CC[C@@]21F. The average molecular weight is 478 g/mol.